The SMILES string of the molecule is Cc1nccn1CCNc1ncc2c(OC3CCNCC3)ncc([C@H]3CC[C@H](O)CC3)c2n1. The smallest absolute Gasteiger partial charge is 0.224 e. The molecule has 0 unspecified atom stereocenters. The molecule has 3 aromatic rings. The van der Waals surface area contributed by atoms with E-state index < -0.39 is 0 Å². The minimum absolute atomic E-state index is 0.161. The Hall–Kier alpha value is -2.78. The summed E-state index contributed by atoms with van der Waals surface area (Å²) in [5, 5.41) is 17.6. The van der Waals surface area contributed by atoms with Crippen LogP contribution in [0, 0.1) is 6.92 Å². The Bertz CT molecular complexity index is 1070. The van der Waals surface area contributed by atoms with Crippen molar-refractivity contribution in [2.75, 3.05) is 25.0 Å². The third-order valence-corrected chi connectivity index (χ3v) is 6.87. The molecule has 33 heavy (non-hydrogen) atoms. The van der Waals surface area contributed by atoms with Crippen LogP contribution in [0.25, 0.3) is 10.9 Å². The van der Waals surface area contributed by atoms with Crippen molar-refractivity contribution in [1.82, 2.24) is 29.8 Å². The van der Waals surface area contributed by atoms with E-state index in [0.717, 1.165) is 80.4 Å². The van der Waals surface area contributed by atoms with E-state index in [9.17, 15) is 5.11 Å². The number of aryl methyl sites for hydroxylation is 1. The quantitative estimate of drug-likeness (QED) is 0.503. The van der Waals surface area contributed by atoms with Gasteiger partial charge in [0.25, 0.3) is 0 Å². The Morgan fingerprint density at radius 1 is 1.09 bits per heavy atom. The summed E-state index contributed by atoms with van der Waals surface area (Å²) in [4.78, 5) is 18.5. The number of aliphatic hydroxyl groups excluding tert-OH is 1. The molecule has 2 aliphatic rings. The summed E-state index contributed by atoms with van der Waals surface area (Å²) < 4.78 is 8.41. The fourth-order valence-electron chi connectivity index (χ4n) is 4.88. The molecule has 0 bridgehead atoms. The van der Waals surface area contributed by atoms with Crippen LogP contribution in [0.4, 0.5) is 5.95 Å². The molecule has 1 aliphatic carbocycles. The number of ether oxygens (including phenoxy) is 1. The van der Waals surface area contributed by atoms with Crippen molar-refractivity contribution in [3.05, 3.63) is 36.2 Å². The van der Waals surface area contributed by atoms with Crippen LogP contribution < -0.4 is 15.4 Å². The third-order valence-electron chi connectivity index (χ3n) is 6.87. The predicted octanol–water partition coefficient (Wildman–Crippen LogP) is 2.79. The van der Waals surface area contributed by atoms with Crippen LogP contribution in [0.3, 0.4) is 0 Å². The minimum atomic E-state index is -0.193. The molecular weight excluding hydrogens is 418 g/mol. The Morgan fingerprint density at radius 2 is 1.91 bits per heavy atom. The number of fused-ring (bicyclic) bond motifs is 1. The maximum atomic E-state index is 9.97. The molecule has 9 nitrogen and oxygen atoms in total. The lowest BCUT2D eigenvalue weighted by atomic mass is 9.83. The number of aromatic nitrogens is 5. The second-order valence-electron chi connectivity index (χ2n) is 9.14. The first kappa shape index (κ1) is 22.0. The van der Waals surface area contributed by atoms with E-state index in [1.165, 1.54) is 0 Å². The van der Waals surface area contributed by atoms with Crippen molar-refractivity contribution in [3.8, 4) is 5.88 Å². The molecule has 0 amide bonds. The highest BCUT2D eigenvalue weighted by Crippen LogP contribution is 2.38. The van der Waals surface area contributed by atoms with Gasteiger partial charge in [0, 0.05) is 43.4 Å². The summed E-state index contributed by atoms with van der Waals surface area (Å²) in [5.74, 6) is 2.56. The van der Waals surface area contributed by atoms with E-state index in [1.54, 1.807) is 0 Å². The number of nitrogens with one attached hydrogen (secondary N) is 2. The number of anilines is 1. The van der Waals surface area contributed by atoms with Gasteiger partial charge in [-0.1, -0.05) is 0 Å². The Balaban J connectivity index is 1.41. The monoisotopic (exact) mass is 451 g/mol. The zero-order valence-corrected chi connectivity index (χ0v) is 19.2. The van der Waals surface area contributed by atoms with Gasteiger partial charge in [0.1, 0.15) is 11.9 Å². The highest BCUT2D eigenvalue weighted by molar-refractivity contribution is 5.86. The van der Waals surface area contributed by atoms with Gasteiger partial charge in [-0.25, -0.2) is 19.9 Å². The maximum absolute atomic E-state index is 9.97. The van der Waals surface area contributed by atoms with Gasteiger partial charge >= 0.3 is 0 Å². The fraction of sp³-hybridized carbons (Fsp3) is 0.583. The summed E-state index contributed by atoms with van der Waals surface area (Å²) in [7, 11) is 0. The lowest BCUT2D eigenvalue weighted by molar-refractivity contribution is 0.122. The van der Waals surface area contributed by atoms with Crippen LogP contribution in [0.1, 0.15) is 55.8 Å². The normalized spacial score (nSPS) is 21.9. The second-order valence-corrected chi connectivity index (χ2v) is 9.14. The number of nitrogens with zero attached hydrogens (tertiary/aromatic N) is 5. The van der Waals surface area contributed by atoms with Crippen molar-refractivity contribution in [1.29, 1.82) is 0 Å². The predicted molar refractivity (Wildman–Crippen MR) is 127 cm³/mol. The average Bonchev–Trinajstić information content (AvgIpc) is 3.25. The van der Waals surface area contributed by atoms with Gasteiger partial charge in [0.2, 0.25) is 11.8 Å². The molecule has 0 atom stereocenters. The van der Waals surface area contributed by atoms with Crippen LogP contribution in [0.5, 0.6) is 5.88 Å². The summed E-state index contributed by atoms with van der Waals surface area (Å²) in [6.45, 7) is 5.42. The lowest BCUT2D eigenvalue weighted by Gasteiger charge is -2.27. The van der Waals surface area contributed by atoms with Gasteiger partial charge in [0.05, 0.1) is 17.0 Å². The standard InChI is InChI=1S/C24H33N7O2/c1-16-26-10-12-31(16)13-11-27-24-29-15-21-22(30-24)20(17-2-4-18(32)5-3-17)14-28-23(21)33-19-6-8-25-9-7-19/h10,12,14-15,17-19,25,32H,2-9,11,13H2,1H3,(H,27,29,30)/t17-,18-. The van der Waals surface area contributed by atoms with E-state index >= 15 is 0 Å². The van der Waals surface area contributed by atoms with Gasteiger partial charge in [-0.15, -0.1) is 0 Å². The number of piperidine rings is 1. The number of imidazole rings is 1. The van der Waals surface area contributed by atoms with Crippen molar-refractivity contribution in [2.45, 2.75) is 70.1 Å². The number of rotatable bonds is 7. The number of hydrogen-bond donors (Lipinski definition) is 3. The van der Waals surface area contributed by atoms with Crippen molar-refractivity contribution < 1.29 is 9.84 Å². The van der Waals surface area contributed by atoms with Crippen molar-refractivity contribution >= 4 is 16.9 Å². The highest BCUT2D eigenvalue weighted by Gasteiger charge is 2.25. The Kier molecular flexibility index (Phi) is 6.68. The van der Waals surface area contributed by atoms with Crippen molar-refractivity contribution in [3.63, 3.8) is 0 Å². The molecule has 4 heterocycles. The molecule has 2 fully saturated rings. The molecule has 1 aliphatic heterocycles. The first-order valence-electron chi connectivity index (χ1n) is 12.1. The molecule has 5 rings (SSSR count). The zero-order valence-electron chi connectivity index (χ0n) is 19.2. The van der Waals surface area contributed by atoms with Gasteiger partial charge in [0.15, 0.2) is 0 Å². The van der Waals surface area contributed by atoms with E-state index in [0.29, 0.717) is 24.3 Å². The highest BCUT2D eigenvalue weighted by atomic mass is 16.5. The van der Waals surface area contributed by atoms with Gasteiger partial charge in [-0.3, -0.25) is 0 Å². The van der Waals surface area contributed by atoms with Crippen LogP contribution in [0.2, 0.25) is 0 Å². The summed E-state index contributed by atoms with van der Waals surface area (Å²) >= 11 is 0. The molecule has 0 radical (unpaired) electrons. The summed E-state index contributed by atoms with van der Waals surface area (Å²) in [6.07, 6.45) is 13.0. The number of aliphatic hydroxyl groups is 1. The maximum Gasteiger partial charge on any atom is 0.224 e. The fourth-order valence-corrected chi connectivity index (χ4v) is 4.88. The summed E-state index contributed by atoms with van der Waals surface area (Å²) in [6, 6.07) is 0. The molecule has 176 valence electrons. The largest absolute Gasteiger partial charge is 0.474 e. The first-order valence-corrected chi connectivity index (χ1v) is 12.1. The van der Waals surface area contributed by atoms with Gasteiger partial charge < -0.3 is 25.0 Å². The zero-order chi connectivity index (χ0) is 22.6. The molecule has 0 aromatic carbocycles. The van der Waals surface area contributed by atoms with E-state index in [4.69, 9.17) is 14.7 Å². The number of pyridine rings is 1. The van der Waals surface area contributed by atoms with Crippen LogP contribution in [-0.2, 0) is 6.54 Å². The molecular formula is C24H33N7O2. The van der Waals surface area contributed by atoms with Crippen LogP contribution in [-0.4, -0.2) is 61.5 Å². The lowest BCUT2D eigenvalue weighted by Crippen LogP contribution is -2.34. The van der Waals surface area contributed by atoms with Gasteiger partial charge in [-0.05, 0) is 64.5 Å². The van der Waals surface area contributed by atoms with Crippen molar-refractivity contribution in [2.24, 2.45) is 0 Å². The number of hydrogen-bond acceptors (Lipinski definition) is 8. The minimum Gasteiger partial charge on any atom is -0.474 e. The molecule has 1 saturated heterocycles. The van der Waals surface area contributed by atoms with Gasteiger partial charge in [-0.2, -0.15) is 0 Å². The third kappa shape index (κ3) is 5.09. The van der Waals surface area contributed by atoms with Crippen LogP contribution >= 0.6 is 0 Å². The Labute approximate surface area is 194 Å². The van der Waals surface area contributed by atoms with E-state index in [2.05, 4.69) is 25.2 Å². The summed E-state index contributed by atoms with van der Waals surface area (Å²) in [5.41, 5.74) is 2.04. The average molecular weight is 452 g/mol. The Morgan fingerprint density at radius 3 is 2.67 bits per heavy atom. The first-order chi connectivity index (χ1) is 16.2. The molecule has 9 heteroatoms. The molecule has 3 N–H and O–H groups in total. The van der Waals surface area contributed by atoms with Crippen LogP contribution in [0.15, 0.2) is 24.8 Å². The molecule has 3 aromatic heterocycles. The topological polar surface area (TPSA) is 110 Å². The second kappa shape index (κ2) is 10.0. The van der Waals surface area contributed by atoms with E-state index in [-0.39, 0.29) is 12.2 Å². The molecule has 1 saturated carbocycles. The molecule has 0 spiro atoms. The van der Waals surface area contributed by atoms with E-state index in [1.807, 2.05) is 31.7 Å².